The minimum atomic E-state index is -0.635. The lowest BCUT2D eigenvalue weighted by molar-refractivity contribution is -0.139. The van der Waals surface area contributed by atoms with Crippen LogP contribution in [0.25, 0.3) is 5.76 Å². The smallest absolute Gasteiger partial charge is 0.295 e. The fourth-order valence-corrected chi connectivity index (χ4v) is 4.26. The van der Waals surface area contributed by atoms with Crippen molar-refractivity contribution in [1.29, 1.82) is 0 Å². The lowest BCUT2D eigenvalue weighted by atomic mass is 9.91. The van der Waals surface area contributed by atoms with Gasteiger partial charge < -0.3 is 14.7 Å². The summed E-state index contributed by atoms with van der Waals surface area (Å²) in [6.07, 6.45) is 1.69. The van der Waals surface area contributed by atoms with E-state index < -0.39 is 17.7 Å². The first-order chi connectivity index (χ1) is 15.2. The highest BCUT2D eigenvalue weighted by Gasteiger charge is 2.45. The number of hydrogen-bond donors (Lipinski definition) is 1. The molecule has 2 aromatic rings. The van der Waals surface area contributed by atoms with Crippen molar-refractivity contribution in [2.24, 2.45) is 0 Å². The average molecular weight is 436 g/mol. The third-order valence-corrected chi connectivity index (χ3v) is 6.21. The van der Waals surface area contributed by atoms with Gasteiger partial charge in [-0.3, -0.25) is 9.59 Å². The lowest BCUT2D eigenvalue weighted by Crippen LogP contribution is -2.30. The van der Waals surface area contributed by atoms with Gasteiger partial charge in [0.25, 0.3) is 11.7 Å². The van der Waals surface area contributed by atoms with Gasteiger partial charge in [-0.1, -0.05) is 51.5 Å². The molecular formula is C27H33NO4. The van der Waals surface area contributed by atoms with Crippen LogP contribution in [0.15, 0.2) is 42.0 Å². The van der Waals surface area contributed by atoms with E-state index in [1.54, 1.807) is 12.0 Å². The second-order valence-electron chi connectivity index (χ2n) is 8.80. The predicted molar refractivity (Wildman–Crippen MR) is 127 cm³/mol. The fourth-order valence-electron chi connectivity index (χ4n) is 4.26. The van der Waals surface area contributed by atoms with Gasteiger partial charge in [-0.05, 0) is 60.6 Å². The second kappa shape index (κ2) is 9.60. The molecule has 1 aliphatic heterocycles. The average Bonchev–Trinajstić information content (AvgIpc) is 3.03. The molecule has 1 saturated heterocycles. The number of amides is 1. The monoisotopic (exact) mass is 435 g/mol. The number of ketones is 1. The molecule has 5 nitrogen and oxygen atoms in total. The van der Waals surface area contributed by atoms with Gasteiger partial charge >= 0.3 is 0 Å². The molecule has 1 unspecified atom stereocenters. The number of Topliss-reactive ketones (excluding diaryl/α,β-unsaturated/α-hetero) is 1. The number of aliphatic hydroxyl groups is 1. The zero-order chi connectivity index (χ0) is 23.6. The van der Waals surface area contributed by atoms with Crippen molar-refractivity contribution in [3.8, 4) is 5.75 Å². The Morgan fingerprint density at radius 1 is 1.09 bits per heavy atom. The van der Waals surface area contributed by atoms with E-state index in [1.165, 1.54) is 5.56 Å². The molecule has 32 heavy (non-hydrogen) atoms. The van der Waals surface area contributed by atoms with Crippen LogP contribution in [0.4, 0.5) is 0 Å². The van der Waals surface area contributed by atoms with Crippen molar-refractivity contribution in [2.75, 3.05) is 13.7 Å². The maximum absolute atomic E-state index is 13.1. The van der Waals surface area contributed by atoms with E-state index in [9.17, 15) is 14.7 Å². The molecule has 1 aliphatic rings. The van der Waals surface area contributed by atoms with Crippen molar-refractivity contribution >= 4 is 17.4 Å². The Morgan fingerprint density at radius 3 is 2.31 bits per heavy atom. The number of rotatable bonds is 7. The molecule has 170 valence electrons. The number of unbranched alkanes of at least 4 members (excludes halogenated alkanes) is 1. The summed E-state index contributed by atoms with van der Waals surface area (Å²) in [5, 5.41) is 11.3. The van der Waals surface area contributed by atoms with E-state index in [0.717, 1.165) is 29.5 Å². The molecule has 0 aliphatic carbocycles. The predicted octanol–water partition coefficient (Wildman–Crippen LogP) is 5.66. The van der Waals surface area contributed by atoms with Gasteiger partial charge in [-0.2, -0.15) is 0 Å². The SMILES string of the molecule is CCCCN1C(=O)C(=O)/C(=C(/O)c2cc(C)c(OC)cc2C)C1c1ccc(C(C)C)cc1. The van der Waals surface area contributed by atoms with E-state index in [4.69, 9.17) is 4.74 Å². The number of nitrogens with zero attached hydrogens (tertiary/aromatic N) is 1. The summed E-state index contributed by atoms with van der Waals surface area (Å²) in [4.78, 5) is 27.7. The van der Waals surface area contributed by atoms with Gasteiger partial charge in [0.05, 0.1) is 18.7 Å². The Hall–Kier alpha value is -3.08. The van der Waals surface area contributed by atoms with Crippen molar-refractivity contribution in [1.82, 2.24) is 4.90 Å². The van der Waals surface area contributed by atoms with E-state index in [1.807, 2.05) is 57.2 Å². The highest BCUT2D eigenvalue weighted by molar-refractivity contribution is 6.46. The molecule has 1 N–H and O–H groups in total. The zero-order valence-corrected chi connectivity index (χ0v) is 19.9. The number of likely N-dealkylation sites (tertiary alicyclic amines) is 1. The number of benzene rings is 2. The first-order valence-electron chi connectivity index (χ1n) is 11.2. The van der Waals surface area contributed by atoms with E-state index in [0.29, 0.717) is 23.8 Å². The molecule has 1 fully saturated rings. The summed E-state index contributed by atoms with van der Waals surface area (Å²) in [5.41, 5.74) is 4.32. The van der Waals surface area contributed by atoms with Crippen molar-refractivity contribution in [3.05, 3.63) is 69.8 Å². The molecule has 3 rings (SSSR count). The van der Waals surface area contributed by atoms with E-state index in [-0.39, 0.29) is 11.3 Å². The zero-order valence-electron chi connectivity index (χ0n) is 19.9. The number of ether oxygens (including phenoxy) is 1. The minimum Gasteiger partial charge on any atom is -0.507 e. The molecule has 1 atom stereocenters. The Balaban J connectivity index is 2.19. The van der Waals surface area contributed by atoms with Crippen LogP contribution in [0.2, 0.25) is 0 Å². The van der Waals surface area contributed by atoms with Crippen molar-refractivity contribution < 1.29 is 19.4 Å². The van der Waals surface area contributed by atoms with Gasteiger partial charge in [0.1, 0.15) is 11.5 Å². The Bertz CT molecular complexity index is 1050. The number of methoxy groups -OCH3 is 1. The summed E-state index contributed by atoms with van der Waals surface area (Å²) < 4.78 is 5.38. The van der Waals surface area contributed by atoms with Crippen LogP contribution in [0, 0.1) is 13.8 Å². The summed E-state index contributed by atoms with van der Waals surface area (Å²) in [7, 11) is 1.60. The maximum atomic E-state index is 13.1. The van der Waals surface area contributed by atoms with Crippen LogP contribution in [-0.2, 0) is 9.59 Å². The standard InChI is InChI=1S/C27H33NO4/c1-7-8-13-28-24(20-11-9-19(10-12-20)16(2)3)23(26(30)27(28)31)25(29)21-14-18(5)22(32-6)15-17(21)4/h9-12,14-16,24,29H,7-8,13H2,1-6H3/b25-23+. The first-order valence-corrected chi connectivity index (χ1v) is 11.2. The van der Waals surface area contributed by atoms with Gasteiger partial charge in [0.15, 0.2) is 0 Å². The van der Waals surface area contributed by atoms with Crippen LogP contribution in [0.3, 0.4) is 0 Å². The normalized spacial score (nSPS) is 18.0. The van der Waals surface area contributed by atoms with Gasteiger partial charge in [0, 0.05) is 12.1 Å². The number of carbonyl (C=O) groups excluding carboxylic acids is 2. The van der Waals surface area contributed by atoms with Crippen LogP contribution >= 0.6 is 0 Å². The molecule has 0 radical (unpaired) electrons. The van der Waals surface area contributed by atoms with Gasteiger partial charge in [0.2, 0.25) is 0 Å². The summed E-state index contributed by atoms with van der Waals surface area (Å²) in [5.74, 6) is -0.238. The number of aryl methyl sites for hydroxylation is 2. The molecule has 0 saturated carbocycles. The van der Waals surface area contributed by atoms with Crippen molar-refractivity contribution in [3.63, 3.8) is 0 Å². The molecule has 0 spiro atoms. The third-order valence-electron chi connectivity index (χ3n) is 6.21. The maximum Gasteiger partial charge on any atom is 0.295 e. The summed E-state index contributed by atoms with van der Waals surface area (Å²) in [6, 6.07) is 11.0. The number of carbonyl (C=O) groups is 2. The first kappa shape index (κ1) is 23.6. The van der Waals surface area contributed by atoms with Gasteiger partial charge in [-0.25, -0.2) is 0 Å². The van der Waals surface area contributed by atoms with Gasteiger partial charge in [-0.15, -0.1) is 0 Å². The van der Waals surface area contributed by atoms with Crippen LogP contribution in [0.5, 0.6) is 5.75 Å². The Kier molecular flexibility index (Phi) is 7.07. The summed E-state index contributed by atoms with van der Waals surface area (Å²) >= 11 is 0. The quantitative estimate of drug-likeness (QED) is 0.346. The molecule has 0 bridgehead atoms. The Labute approximate surface area is 190 Å². The second-order valence-corrected chi connectivity index (χ2v) is 8.80. The largest absolute Gasteiger partial charge is 0.507 e. The lowest BCUT2D eigenvalue weighted by Gasteiger charge is -2.25. The van der Waals surface area contributed by atoms with Crippen LogP contribution in [0.1, 0.15) is 73.4 Å². The van der Waals surface area contributed by atoms with Crippen LogP contribution in [-0.4, -0.2) is 35.4 Å². The third kappa shape index (κ3) is 4.29. The highest BCUT2D eigenvalue weighted by Crippen LogP contribution is 2.41. The molecular weight excluding hydrogens is 402 g/mol. The highest BCUT2D eigenvalue weighted by atomic mass is 16.5. The number of aliphatic hydroxyl groups excluding tert-OH is 1. The molecule has 1 amide bonds. The summed E-state index contributed by atoms with van der Waals surface area (Å²) in [6.45, 7) is 10.5. The van der Waals surface area contributed by atoms with Crippen molar-refractivity contribution in [2.45, 2.75) is 59.4 Å². The topological polar surface area (TPSA) is 66.8 Å². The Morgan fingerprint density at radius 2 is 1.75 bits per heavy atom. The van der Waals surface area contributed by atoms with E-state index >= 15 is 0 Å². The molecule has 5 heteroatoms. The molecule has 0 aromatic heterocycles. The van der Waals surface area contributed by atoms with E-state index in [2.05, 4.69) is 13.8 Å². The van der Waals surface area contributed by atoms with Crippen LogP contribution < -0.4 is 4.74 Å². The fraction of sp³-hybridized carbons (Fsp3) is 0.407. The number of hydrogen-bond acceptors (Lipinski definition) is 4. The molecule has 1 heterocycles. The minimum absolute atomic E-state index is 0.136. The molecule has 2 aromatic carbocycles.